The smallest absolute Gasteiger partial charge is 0.212 e. The molecule has 0 amide bonds. The van der Waals surface area contributed by atoms with Crippen LogP contribution in [-0.4, -0.2) is 42.0 Å². The summed E-state index contributed by atoms with van der Waals surface area (Å²) in [6, 6.07) is 0. The molecule has 2 N–H and O–H groups in total. The van der Waals surface area contributed by atoms with E-state index in [1.807, 2.05) is 0 Å². The second kappa shape index (κ2) is 8.23. The van der Waals surface area contributed by atoms with E-state index in [-0.39, 0.29) is 12.3 Å². The van der Waals surface area contributed by atoms with Crippen molar-refractivity contribution >= 4 is 10.0 Å². The van der Waals surface area contributed by atoms with Crippen molar-refractivity contribution in [2.75, 3.05) is 18.8 Å². The number of aromatic nitrogens is 3. The Labute approximate surface area is 114 Å². The topological polar surface area (TPSA) is 88.9 Å². The van der Waals surface area contributed by atoms with Crippen LogP contribution in [0.1, 0.15) is 32.0 Å². The van der Waals surface area contributed by atoms with Crippen LogP contribution in [0.3, 0.4) is 0 Å². The molecule has 7 nitrogen and oxygen atoms in total. The van der Waals surface area contributed by atoms with Crippen molar-refractivity contribution in [2.24, 2.45) is 7.05 Å². The minimum Gasteiger partial charge on any atom is -0.317 e. The van der Waals surface area contributed by atoms with Crippen LogP contribution in [0, 0.1) is 0 Å². The van der Waals surface area contributed by atoms with E-state index >= 15 is 0 Å². The van der Waals surface area contributed by atoms with Gasteiger partial charge < -0.3 is 5.32 Å². The van der Waals surface area contributed by atoms with E-state index in [4.69, 9.17) is 0 Å². The summed E-state index contributed by atoms with van der Waals surface area (Å²) in [5.41, 5.74) is 0. The van der Waals surface area contributed by atoms with Crippen molar-refractivity contribution in [1.29, 1.82) is 0 Å². The van der Waals surface area contributed by atoms with Crippen LogP contribution < -0.4 is 10.0 Å². The van der Waals surface area contributed by atoms with Crippen LogP contribution in [-0.2, 0) is 23.6 Å². The lowest BCUT2D eigenvalue weighted by molar-refractivity contribution is 0.570. The number of nitrogens with one attached hydrogen (secondary N) is 2. The third-order valence-electron chi connectivity index (χ3n) is 2.54. The molecule has 0 unspecified atom stereocenters. The molecular weight excluding hydrogens is 266 g/mol. The molecule has 0 aromatic carbocycles. The number of aryl methyl sites for hydroxylation is 1. The lowest BCUT2D eigenvalue weighted by Gasteiger charge is -2.05. The van der Waals surface area contributed by atoms with Gasteiger partial charge >= 0.3 is 0 Å². The van der Waals surface area contributed by atoms with Crippen molar-refractivity contribution in [3.63, 3.8) is 0 Å². The van der Waals surface area contributed by atoms with E-state index in [1.165, 1.54) is 0 Å². The van der Waals surface area contributed by atoms with Crippen LogP contribution in [0.5, 0.6) is 0 Å². The molecule has 0 radical (unpaired) electrons. The average molecular weight is 289 g/mol. The molecule has 110 valence electrons. The number of nitrogens with zero attached hydrogens (tertiary/aromatic N) is 3. The SMILES string of the molecule is CCCNCCCCS(=O)(=O)NCc1ncn(C)n1. The van der Waals surface area contributed by atoms with E-state index in [2.05, 4.69) is 27.0 Å². The second-order valence-electron chi connectivity index (χ2n) is 4.43. The van der Waals surface area contributed by atoms with Gasteiger partial charge in [-0.05, 0) is 32.4 Å². The average Bonchev–Trinajstić information content (AvgIpc) is 2.77. The van der Waals surface area contributed by atoms with Gasteiger partial charge in [0.15, 0.2) is 5.82 Å². The van der Waals surface area contributed by atoms with E-state index < -0.39 is 10.0 Å². The van der Waals surface area contributed by atoms with Gasteiger partial charge in [-0.3, -0.25) is 4.68 Å². The largest absolute Gasteiger partial charge is 0.317 e. The first kappa shape index (κ1) is 16.1. The van der Waals surface area contributed by atoms with E-state index in [1.54, 1.807) is 18.1 Å². The van der Waals surface area contributed by atoms with Gasteiger partial charge in [0.05, 0.1) is 12.3 Å². The van der Waals surface area contributed by atoms with Gasteiger partial charge in [-0.15, -0.1) is 0 Å². The fourth-order valence-corrected chi connectivity index (χ4v) is 2.63. The summed E-state index contributed by atoms with van der Waals surface area (Å²) in [4.78, 5) is 3.96. The van der Waals surface area contributed by atoms with Gasteiger partial charge in [0.2, 0.25) is 10.0 Å². The Morgan fingerprint density at radius 1 is 1.32 bits per heavy atom. The van der Waals surface area contributed by atoms with Gasteiger partial charge in [0, 0.05) is 7.05 Å². The molecule has 8 heteroatoms. The maximum absolute atomic E-state index is 11.7. The Morgan fingerprint density at radius 2 is 2.11 bits per heavy atom. The third-order valence-corrected chi connectivity index (χ3v) is 3.95. The maximum atomic E-state index is 11.7. The predicted octanol–water partition coefficient (Wildman–Crippen LogP) is 0.0143. The lowest BCUT2D eigenvalue weighted by atomic mass is 10.3. The first-order valence-corrected chi connectivity index (χ1v) is 8.21. The van der Waals surface area contributed by atoms with E-state index in [0.717, 1.165) is 25.9 Å². The number of unbranched alkanes of at least 4 members (excludes halogenated alkanes) is 1. The number of rotatable bonds is 10. The Hall–Kier alpha value is -0.990. The zero-order chi connectivity index (χ0) is 14.1. The molecule has 0 aliphatic heterocycles. The Balaban J connectivity index is 2.17. The minimum absolute atomic E-state index is 0.146. The van der Waals surface area contributed by atoms with Crippen molar-refractivity contribution in [3.05, 3.63) is 12.2 Å². The predicted molar refractivity (Wildman–Crippen MR) is 74.0 cm³/mol. The first-order chi connectivity index (χ1) is 9.03. The number of hydrogen-bond donors (Lipinski definition) is 2. The Morgan fingerprint density at radius 3 is 2.74 bits per heavy atom. The number of hydrogen-bond acceptors (Lipinski definition) is 5. The summed E-state index contributed by atoms with van der Waals surface area (Å²) < 4.78 is 27.5. The van der Waals surface area contributed by atoms with Crippen molar-refractivity contribution in [2.45, 2.75) is 32.7 Å². The van der Waals surface area contributed by atoms with Crippen molar-refractivity contribution in [1.82, 2.24) is 24.8 Å². The zero-order valence-electron chi connectivity index (χ0n) is 11.6. The molecule has 1 rings (SSSR count). The Bertz CT molecular complexity index is 457. The molecule has 0 bridgehead atoms. The highest BCUT2D eigenvalue weighted by Crippen LogP contribution is 1.96. The molecular formula is C11H23N5O2S. The summed E-state index contributed by atoms with van der Waals surface area (Å²) in [6.45, 7) is 4.10. The van der Waals surface area contributed by atoms with Crippen LogP contribution in [0.4, 0.5) is 0 Å². The quantitative estimate of drug-likeness (QED) is 0.593. The molecule has 0 saturated carbocycles. The molecule has 19 heavy (non-hydrogen) atoms. The molecule has 0 aliphatic rings. The van der Waals surface area contributed by atoms with E-state index in [9.17, 15) is 8.42 Å². The molecule has 0 atom stereocenters. The summed E-state index contributed by atoms with van der Waals surface area (Å²) in [5.74, 6) is 0.629. The molecule has 1 heterocycles. The number of sulfonamides is 1. The van der Waals surface area contributed by atoms with Crippen LogP contribution in [0.2, 0.25) is 0 Å². The molecule has 0 aliphatic carbocycles. The normalized spacial score (nSPS) is 11.9. The van der Waals surface area contributed by atoms with Gasteiger partial charge in [0.1, 0.15) is 6.33 Å². The summed E-state index contributed by atoms with van der Waals surface area (Å²) in [6.07, 6.45) is 4.16. The summed E-state index contributed by atoms with van der Waals surface area (Å²) in [7, 11) is -1.49. The van der Waals surface area contributed by atoms with Gasteiger partial charge in [-0.2, -0.15) is 5.10 Å². The molecule has 0 saturated heterocycles. The second-order valence-corrected chi connectivity index (χ2v) is 6.36. The molecule has 1 aromatic heterocycles. The van der Waals surface area contributed by atoms with Gasteiger partial charge in [-0.25, -0.2) is 18.1 Å². The van der Waals surface area contributed by atoms with Crippen molar-refractivity contribution < 1.29 is 8.42 Å². The van der Waals surface area contributed by atoms with Crippen LogP contribution in [0.15, 0.2) is 6.33 Å². The Kier molecular flexibility index (Phi) is 6.96. The summed E-state index contributed by atoms with van der Waals surface area (Å²) in [5, 5.41) is 7.26. The highest BCUT2D eigenvalue weighted by Gasteiger charge is 2.10. The maximum Gasteiger partial charge on any atom is 0.212 e. The highest BCUT2D eigenvalue weighted by atomic mass is 32.2. The fourth-order valence-electron chi connectivity index (χ4n) is 1.56. The first-order valence-electron chi connectivity index (χ1n) is 6.56. The van der Waals surface area contributed by atoms with E-state index in [0.29, 0.717) is 12.2 Å². The molecule has 0 spiro atoms. The molecule has 0 fully saturated rings. The molecule has 1 aromatic rings. The summed E-state index contributed by atoms with van der Waals surface area (Å²) >= 11 is 0. The van der Waals surface area contributed by atoms with Crippen molar-refractivity contribution in [3.8, 4) is 0 Å². The lowest BCUT2D eigenvalue weighted by Crippen LogP contribution is -2.27. The minimum atomic E-state index is -3.23. The monoisotopic (exact) mass is 289 g/mol. The highest BCUT2D eigenvalue weighted by molar-refractivity contribution is 7.89. The van der Waals surface area contributed by atoms with Crippen LogP contribution >= 0.6 is 0 Å². The standard InChI is InChI=1S/C11H23N5O2S/c1-3-6-12-7-4-5-8-19(17,18)14-9-11-13-10-16(2)15-11/h10,12,14H,3-9H2,1-2H3. The van der Waals surface area contributed by atoms with Gasteiger partial charge in [0.25, 0.3) is 0 Å². The fraction of sp³-hybridized carbons (Fsp3) is 0.818. The third kappa shape index (κ3) is 7.24. The van der Waals surface area contributed by atoms with Crippen LogP contribution in [0.25, 0.3) is 0 Å². The van der Waals surface area contributed by atoms with Gasteiger partial charge in [-0.1, -0.05) is 6.92 Å². The zero-order valence-corrected chi connectivity index (χ0v) is 12.4.